The lowest BCUT2D eigenvalue weighted by Gasteiger charge is -2.11. The maximum atomic E-state index is 12.9. The summed E-state index contributed by atoms with van der Waals surface area (Å²) in [7, 11) is 0. The summed E-state index contributed by atoms with van der Waals surface area (Å²) in [5, 5.41) is 11.9. The Kier molecular flexibility index (Phi) is 5.58. The van der Waals surface area contributed by atoms with Crippen LogP contribution in [-0.2, 0) is 4.74 Å². The molecule has 0 bridgehead atoms. The van der Waals surface area contributed by atoms with Crippen LogP contribution in [0.3, 0.4) is 0 Å². The Hall–Kier alpha value is -1.62. The van der Waals surface area contributed by atoms with Crippen molar-refractivity contribution in [2.24, 2.45) is 5.92 Å². The fraction of sp³-hybridized carbons (Fsp3) is 0.462. The normalized spacial score (nSPS) is 10.7. The first-order chi connectivity index (χ1) is 8.50. The molecule has 100 valence electrons. The number of rotatable bonds is 7. The van der Waals surface area contributed by atoms with Gasteiger partial charge in [0.05, 0.1) is 12.2 Å². The van der Waals surface area contributed by atoms with Gasteiger partial charge < -0.3 is 15.2 Å². The van der Waals surface area contributed by atoms with Crippen LogP contribution in [0.25, 0.3) is 0 Å². The van der Waals surface area contributed by atoms with E-state index in [-0.39, 0.29) is 5.56 Å². The zero-order chi connectivity index (χ0) is 13.5. The Bertz CT molecular complexity index is 407. The van der Waals surface area contributed by atoms with Gasteiger partial charge in [0.2, 0.25) is 0 Å². The fourth-order valence-electron chi connectivity index (χ4n) is 1.42. The summed E-state index contributed by atoms with van der Waals surface area (Å²) >= 11 is 0. The number of halogens is 1. The van der Waals surface area contributed by atoms with Crippen molar-refractivity contribution in [2.75, 3.05) is 25.1 Å². The molecule has 0 heterocycles. The highest BCUT2D eigenvalue weighted by atomic mass is 19.1. The molecule has 0 unspecified atom stereocenters. The van der Waals surface area contributed by atoms with Crippen LogP contribution in [0, 0.1) is 11.7 Å². The summed E-state index contributed by atoms with van der Waals surface area (Å²) in [4.78, 5) is 10.9. The monoisotopic (exact) mass is 255 g/mol. The summed E-state index contributed by atoms with van der Waals surface area (Å²) in [5.74, 6) is -1.25. The zero-order valence-corrected chi connectivity index (χ0v) is 10.6. The minimum atomic E-state index is -1.15. The third-order valence-electron chi connectivity index (χ3n) is 2.23. The summed E-state index contributed by atoms with van der Waals surface area (Å²) < 4.78 is 18.3. The number of benzene rings is 1. The van der Waals surface area contributed by atoms with Gasteiger partial charge in [-0.15, -0.1) is 0 Å². The van der Waals surface area contributed by atoms with E-state index in [1.165, 1.54) is 12.1 Å². The van der Waals surface area contributed by atoms with Crippen molar-refractivity contribution in [2.45, 2.75) is 13.8 Å². The molecular formula is C13H18FNO3. The number of carboxylic acids is 1. The summed E-state index contributed by atoms with van der Waals surface area (Å²) in [6, 6.07) is 3.64. The lowest BCUT2D eigenvalue weighted by molar-refractivity contribution is 0.0697. The number of hydrogen-bond donors (Lipinski definition) is 2. The first kappa shape index (κ1) is 14.4. The van der Waals surface area contributed by atoms with Gasteiger partial charge in [0.1, 0.15) is 5.82 Å². The van der Waals surface area contributed by atoms with Gasteiger partial charge in [-0.25, -0.2) is 9.18 Å². The van der Waals surface area contributed by atoms with E-state index < -0.39 is 11.8 Å². The predicted octanol–water partition coefficient (Wildman–Crippen LogP) is 2.61. The van der Waals surface area contributed by atoms with Gasteiger partial charge in [-0.3, -0.25) is 0 Å². The molecule has 0 aromatic heterocycles. The second kappa shape index (κ2) is 6.96. The lowest BCUT2D eigenvalue weighted by atomic mass is 10.1. The standard InChI is InChI=1S/C13H18FNO3/c1-9(2)8-18-6-5-15-12-4-3-10(14)7-11(12)13(16)17/h3-4,7,9,15H,5-6,8H2,1-2H3,(H,16,17). The van der Waals surface area contributed by atoms with Crippen LogP contribution in [0.1, 0.15) is 24.2 Å². The van der Waals surface area contributed by atoms with E-state index in [1.54, 1.807) is 0 Å². The Morgan fingerprint density at radius 1 is 1.50 bits per heavy atom. The molecule has 0 saturated heterocycles. The van der Waals surface area contributed by atoms with Crippen LogP contribution in [0.4, 0.5) is 10.1 Å². The van der Waals surface area contributed by atoms with E-state index in [2.05, 4.69) is 19.2 Å². The lowest BCUT2D eigenvalue weighted by Crippen LogP contribution is -2.14. The largest absolute Gasteiger partial charge is 0.478 e. The average Bonchev–Trinajstić information content (AvgIpc) is 2.29. The SMILES string of the molecule is CC(C)COCCNc1ccc(F)cc1C(=O)O. The third kappa shape index (κ3) is 4.71. The van der Waals surface area contributed by atoms with Gasteiger partial charge in [-0.1, -0.05) is 13.8 Å². The molecule has 18 heavy (non-hydrogen) atoms. The Morgan fingerprint density at radius 3 is 2.83 bits per heavy atom. The van der Waals surface area contributed by atoms with Crippen molar-refractivity contribution in [3.8, 4) is 0 Å². The molecule has 1 aromatic carbocycles. The molecule has 0 saturated carbocycles. The van der Waals surface area contributed by atoms with Crippen molar-refractivity contribution in [1.29, 1.82) is 0 Å². The van der Waals surface area contributed by atoms with Gasteiger partial charge in [0.15, 0.2) is 0 Å². The Balaban J connectivity index is 2.49. The van der Waals surface area contributed by atoms with Gasteiger partial charge in [0, 0.05) is 18.8 Å². The molecule has 0 aliphatic heterocycles. The molecule has 0 radical (unpaired) electrons. The van der Waals surface area contributed by atoms with E-state index in [4.69, 9.17) is 9.84 Å². The number of ether oxygens (including phenoxy) is 1. The van der Waals surface area contributed by atoms with E-state index in [9.17, 15) is 9.18 Å². The molecule has 0 aliphatic carbocycles. The quantitative estimate of drug-likeness (QED) is 0.735. The molecule has 0 atom stereocenters. The smallest absolute Gasteiger partial charge is 0.337 e. The molecule has 5 heteroatoms. The second-order valence-electron chi connectivity index (χ2n) is 4.39. The maximum absolute atomic E-state index is 12.9. The summed E-state index contributed by atoms with van der Waals surface area (Å²) in [5.41, 5.74) is 0.330. The van der Waals surface area contributed by atoms with Gasteiger partial charge >= 0.3 is 5.97 Å². The zero-order valence-electron chi connectivity index (χ0n) is 10.6. The van der Waals surface area contributed by atoms with E-state index in [0.717, 1.165) is 6.07 Å². The van der Waals surface area contributed by atoms with Crippen molar-refractivity contribution < 1.29 is 19.0 Å². The fourth-order valence-corrected chi connectivity index (χ4v) is 1.42. The minimum absolute atomic E-state index is 0.0705. The number of anilines is 1. The van der Waals surface area contributed by atoms with Gasteiger partial charge in [-0.05, 0) is 24.1 Å². The molecule has 0 spiro atoms. The molecule has 0 fully saturated rings. The number of hydrogen-bond acceptors (Lipinski definition) is 3. The highest BCUT2D eigenvalue weighted by Crippen LogP contribution is 2.16. The van der Waals surface area contributed by atoms with E-state index in [1.807, 2.05) is 0 Å². The van der Waals surface area contributed by atoms with Crippen LogP contribution >= 0.6 is 0 Å². The maximum Gasteiger partial charge on any atom is 0.337 e. The van der Waals surface area contributed by atoms with Crippen molar-refractivity contribution in [1.82, 2.24) is 0 Å². The highest BCUT2D eigenvalue weighted by molar-refractivity contribution is 5.94. The highest BCUT2D eigenvalue weighted by Gasteiger charge is 2.10. The number of carboxylic acid groups (broad SMARTS) is 1. The van der Waals surface area contributed by atoms with E-state index >= 15 is 0 Å². The van der Waals surface area contributed by atoms with Crippen LogP contribution in [-0.4, -0.2) is 30.8 Å². The van der Waals surface area contributed by atoms with E-state index in [0.29, 0.717) is 31.4 Å². The third-order valence-corrected chi connectivity index (χ3v) is 2.23. The van der Waals surface area contributed by atoms with Crippen molar-refractivity contribution in [3.63, 3.8) is 0 Å². The molecule has 1 aromatic rings. The van der Waals surface area contributed by atoms with Crippen LogP contribution < -0.4 is 5.32 Å². The number of carbonyl (C=O) groups is 1. The van der Waals surface area contributed by atoms with Crippen molar-refractivity contribution >= 4 is 11.7 Å². The van der Waals surface area contributed by atoms with Crippen molar-refractivity contribution in [3.05, 3.63) is 29.6 Å². The van der Waals surface area contributed by atoms with Gasteiger partial charge in [-0.2, -0.15) is 0 Å². The van der Waals surface area contributed by atoms with Crippen LogP contribution in [0.5, 0.6) is 0 Å². The van der Waals surface area contributed by atoms with Crippen LogP contribution in [0.2, 0.25) is 0 Å². The first-order valence-electron chi connectivity index (χ1n) is 5.85. The Labute approximate surface area is 106 Å². The molecule has 0 aliphatic rings. The topological polar surface area (TPSA) is 58.6 Å². The molecule has 0 amide bonds. The average molecular weight is 255 g/mol. The molecule has 4 nitrogen and oxygen atoms in total. The predicted molar refractivity (Wildman–Crippen MR) is 67.5 cm³/mol. The molecule has 2 N–H and O–H groups in total. The number of aromatic carboxylic acids is 1. The second-order valence-corrected chi connectivity index (χ2v) is 4.39. The van der Waals surface area contributed by atoms with Gasteiger partial charge in [0.25, 0.3) is 0 Å². The van der Waals surface area contributed by atoms with Crippen LogP contribution in [0.15, 0.2) is 18.2 Å². The first-order valence-corrected chi connectivity index (χ1v) is 5.85. The summed E-state index contributed by atoms with van der Waals surface area (Å²) in [6.07, 6.45) is 0. The number of nitrogens with one attached hydrogen (secondary N) is 1. The Morgan fingerprint density at radius 2 is 2.22 bits per heavy atom. The minimum Gasteiger partial charge on any atom is -0.478 e. The summed E-state index contributed by atoms with van der Waals surface area (Å²) in [6.45, 7) is 5.73. The molecular weight excluding hydrogens is 237 g/mol. The molecule has 1 rings (SSSR count).